The van der Waals surface area contributed by atoms with Gasteiger partial charge in [0.1, 0.15) is 24.7 Å². The minimum Gasteiger partial charge on any atom is -0.508 e. The lowest BCUT2D eigenvalue weighted by Crippen LogP contribution is -2.29. The van der Waals surface area contributed by atoms with Crippen LogP contribution in [0.15, 0.2) is 48.0 Å². The van der Waals surface area contributed by atoms with E-state index in [2.05, 4.69) is 4.98 Å². The van der Waals surface area contributed by atoms with Gasteiger partial charge in [-0.15, -0.1) is 0 Å². The minimum absolute atomic E-state index is 0.0767. The van der Waals surface area contributed by atoms with E-state index in [9.17, 15) is 24.6 Å². The fraction of sp³-hybridized carbons (Fsp3) is 0.200. The number of aromatic nitrogens is 1. The molecule has 3 aromatic rings. The van der Waals surface area contributed by atoms with Gasteiger partial charge in [-0.25, -0.2) is 4.98 Å². The van der Waals surface area contributed by atoms with Crippen LogP contribution in [-0.2, 0) is 9.59 Å². The molecular weight excluding hydrogens is 472 g/mol. The van der Waals surface area contributed by atoms with Gasteiger partial charge in [-0.2, -0.15) is 0 Å². The molecule has 178 valence electrons. The average Bonchev–Trinajstić information content (AvgIpc) is 3.35. The monoisotopic (exact) mass is 492 g/mol. The third-order valence-corrected chi connectivity index (χ3v) is 7.01. The van der Waals surface area contributed by atoms with E-state index in [-0.39, 0.29) is 27.8 Å². The van der Waals surface area contributed by atoms with Crippen molar-refractivity contribution in [2.24, 2.45) is 0 Å². The molecule has 2 aliphatic heterocycles. The van der Waals surface area contributed by atoms with Crippen molar-refractivity contribution in [2.45, 2.75) is 19.9 Å². The number of phenols is 1. The van der Waals surface area contributed by atoms with Gasteiger partial charge < -0.3 is 19.7 Å². The second kappa shape index (κ2) is 8.55. The fourth-order valence-corrected chi connectivity index (χ4v) is 5.19. The quantitative estimate of drug-likeness (QED) is 0.244. The van der Waals surface area contributed by atoms with Crippen LogP contribution in [0.5, 0.6) is 17.2 Å². The van der Waals surface area contributed by atoms with E-state index < -0.39 is 23.5 Å². The van der Waals surface area contributed by atoms with Gasteiger partial charge in [0, 0.05) is 12.5 Å². The van der Waals surface area contributed by atoms with E-state index in [1.807, 2.05) is 0 Å². The molecule has 2 N–H and O–H groups in total. The topological polar surface area (TPSA) is 126 Å². The highest BCUT2D eigenvalue weighted by Gasteiger charge is 2.48. The van der Waals surface area contributed by atoms with Crippen LogP contribution in [0.4, 0.5) is 5.13 Å². The number of anilines is 1. The summed E-state index contributed by atoms with van der Waals surface area (Å²) in [4.78, 5) is 44.4. The third-order valence-electron chi connectivity index (χ3n) is 5.76. The van der Waals surface area contributed by atoms with E-state index in [4.69, 9.17) is 9.47 Å². The largest absolute Gasteiger partial charge is 0.508 e. The molecule has 9 nitrogen and oxygen atoms in total. The summed E-state index contributed by atoms with van der Waals surface area (Å²) in [7, 11) is 0. The number of hydrogen-bond acceptors (Lipinski definition) is 9. The number of carbonyl (C=O) groups excluding carboxylic acids is 3. The minimum atomic E-state index is -1.08. The van der Waals surface area contributed by atoms with Gasteiger partial charge in [-0.05, 0) is 42.8 Å². The lowest BCUT2D eigenvalue weighted by Gasteiger charge is -2.23. The molecule has 1 atom stereocenters. The molecule has 1 amide bonds. The van der Waals surface area contributed by atoms with Gasteiger partial charge in [0.15, 0.2) is 22.4 Å². The van der Waals surface area contributed by atoms with Crippen LogP contribution in [0.3, 0.4) is 0 Å². The molecule has 10 heteroatoms. The van der Waals surface area contributed by atoms with Crippen molar-refractivity contribution in [1.29, 1.82) is 0 Å². The zero-order chi connectivity index (χ0) is 24.9. The van der Waals surface area contributed by atoms with E-state index in [1.54, 1.807) is 31.2 Å². The first-order chi connectivity index (χ1) is 16.8. The number of amides is 1. The summed E-state index contributed by atoms with van der Waals surface area (Å²) in [6, 6.07) is 9.71. The van der Waals surface area contributed by atoms with Gasteiger partial charge in [-0.1, -0.05) is 23.5 Å². The second-order valence-corrected chi connectivity index (χ2v) is 9.07. The number of fused-ring (bicyclic) bond motifs is 1. The number of benzene rings is 2. The number of aliphatic hydroxyl groups is 1. The summed E-state index contributed by atoms with van der Waals surface area (Å²) in [5.41, 5.74) is 0.910. The number of hydrogen-bond donors (Lipinski definition) is 2. The molecule has 2 aliphatic rings. The van der Waals surface area contributed by atoms with Crippen LogP contribution >= 0.6 is 11.3 Å². The predicted molar refractivity (Wildman–Crippen MR) is 127 cm³/mol. The summed E-state index contributed by atoms with van der Waals surface area (Å²) in [6.07, 6.45) is 0. The number of aromatic hydroxyl groups is 1. The number of carbonyl (C=O) groups is 3. The van der Waals surface area contributed by atoms with Crippen LogP contribution < -0.4 is 14.4 Å². The first kappa shape index (κ1) is 22.6. The van der Waals surface area contributed by atoms with Gasteiger partial charge >= 0.3 is 5.91 Å². The van der Waals surface area contributed by atoms with Crippen molar-refractivity contribution in [3.63, 3.8) is 0 Å². The van der Waals surface area contributed by atoms with E-state index >= 15 is 0 Å². The van der Waals surface area contributed by atoms with E-state index in [0.29, 0.717) is 40.8 Å². The maximum atomic E-state index is 13.3. The Hall–Kier alpha value is -4.18. The number of nitrogens with zero attached hydrogens (tertiary/aromatic N) is 2. The Labute approximate surface area is 203 Å². The summed E-state index contributed by atoms with van der Waals surface area (Å²) in [5.74, 6) is -1.60. The number of Topliss-reactive ketones (excluding diaryl/α,β-unsaturated/α-hetero) is 2. The Morgan fingerprint density at radius 3 is 2.54 bits per heavy atom. The number of aliphatic hydroxyl groups excluding tert-OH is 1. The number of rotatable bonds is 4. The zero-order valence-corrected chi connectivity index (χ0v) is 19.6. The molecule has 3 heterocycles. The maximum Gasteiger partial charge on any atom is 0.301 e. The van der Waals surface area contributed by atoms with Crippen LogP contribution in [0.1, 0.15) is 39.5 Å². The molecule has 1 aromatic heterocycles. The molecule has 1 saturated heterocycles. The molecular formula is C25H20N2O7S. The number of phenolic OH excluding ortho intramolecular Hbond substituents is 1. The molecule has 0 spiro atoms. The third kappa shape index (κ3) is 3.81. The molecule has 0 saturated carbocycles. The van der Waals surface area contributed by atoms with Crippen molar-refractivity contribution >= 4 is 39.7 Å². The molecule has 0 radical (unpaired) electrons. The normalized spacial score (nSPS) is 18.7. The van der Waals surface area contributed by atoms with Crippen LogP contribution in [0, 0.1) is 6.92 Å². The summed E-state index contributed by atoms with van der Waals surface area (Å²) in [5, 5.41) is 21.5. The van der Waals surface area contributed by atoms with Crippen molar-refractivity contribution in [2.75, 3.05) is 18.1 Å². The molecule has 2 aromatic carbocycles. The molecule has 0 aliphatic carbocycles. The first-order valence-corrected chi connectivity index (χ1v) is 11.6. The molecule has 1 fully saturated rings. The second-order valence-electron chi connectivity index (χ2n) is 8.09. The highest BCUT2D eigenvalue weighted by molar-refractivity contribution is 7.18. The number of ketones is 2. The van der Waals surface area contributed by atoms with Crippen molar-refractivity contribution < 1.29 is 34.1 Å². The van der Waals surface area contributed by atoms with Gasteiger partial charge in [-0.3, -0.25) is 19.3 Å². The molecule has 35 heavy (non-hydrogen) atoms. The van der Waals surface area contributed by atoms with Gasteiger partial charge in [0.05, 0.1) is 22.2 Å². The standard InChI is InChI=1S/C25H20N2O7S/c1-12-23(13(2)28)35-25(26-12)27-20(14-4-3-5-16(29)10-14)19(22(31)24(27)32)21(30)15-6-7-17-18(11-15)34-9-8-33-17/h3-7,10-11,20,29-30H,8-9H2,1-2H3/b21-19+. The van der Waals surface area contributed by atoms with Crippen molar-refractivity contribution in [3.05, 3.63) is 69.7 Å². The number of aryl methyl sites for hydroxylation is 1. The van der Waals surface area contributed by atoms with Crippen LogP contribution in [-0.4, -0.2) is 45.9 Å². The average molecular weight is 493 g/mol. The molecule has 5 rings (SSSR count). The van der Waals surface area contributed by atoms with Crippen LogP contribution in [0.25, 0.3) is 5.76 Å². The van der Waals surface area contributed by atoms with Crippen molar-refractivity contribution in [3.8, 4) is 17.2 Å². The van der Waals surface area contributed by atoms with E-state index in [1.165, 1.54) is 25.1 Å². The van der Waals surface area contributed by atoms with Gasteiger partial charge in [0.25, 0.3) is 5.78 Å². The SMILES string of the molecule is CC(=O)c1sc(N2C(=O)C(=O)/C(=C(/O)c3ccc4c(c3)OCCO4)C2c2cccc(O)c2)nc1C. The summed E-state index contributed by atoms with van der Waals surface area (Å²) in [6.45, 7) is 3.78. The Balaban J connectivity index is 1.70. The lowest BCUT2D eigenvalue weighted by molar-refractivity contribution is -0.132. The van der Waals surface area contributed by atoms with Crippen LogP contribution in [0.2, 0.25) is 0 Å². The fourth-order valence-electron chi connectivity index (χ4n) is 4.20. The summed E-state index contributed by atoms with van der Waals surface area (Å²) < 4.78 is 11.1. The Bertz CT molecular complexity index is 1420. The lowest BCUT2D eigenvalue weighted by atomic mass is 9.95. The Morgan fingerprint density at radius 2 is 1.86 bits per heavy atom. The smallest absolute Gasteiger partial charge is 0.301 e. The molecule has 0 bridgehead atoms. The first-order valence-electron chi connectivity index (χ1n) is 10.7. The Morgan fingerprint density at radius 1 is 1.11 bits per heavy atom. The molecule has 1 unspecified atom stereocenters. The van der Waals surface area contributed by atoms with E-state index in [0.717, 1.165) is 16.2 Å². The van der Waals surface area contributed by atoms with Gasteiger partial charge in [0.2, 0.25) is 0 Å². The zero-order valence-electron chi connectivity index (χ0n) is 18.8. The Kier molecular flexibility index (Phi) is 5.52. The number of ether oxygens (including phenoxy) is 2. The predicted octanol–water partition coefficient (Wildman–Crippen LogP) is 3.76. The number of thiazole rings is 1. The summed E-state index contributed by atoms with van der Waals surface area (Å²) >= 11 is 0.990. The maximum absolute atomic E-state index is 13.3. The highest BCUT2D eigenvalue weighted by atomic mass is 32.1. The van der Waals surface area contributed by atoms with Crippen molar-refractivity contribution in [1.82, 2.24) is 4.98 Å². The highest BCUT2D eigenvalue weighted by Crippen LogP contribution is 2.45.